The molecule has 2 fully saturated rings. The number of piperidine rings is 1. The van der Waals surface area contributed by atoms with Crippen LogP contribution < -0.4 is 26.8 Å². The second-order valence-electron chi connectivity index (χ2n) is 17.2. The van der Waals surface area contributed by atoms with Gasteiger partial charge in [-0.25, -0.2) is 14.5 Å². The predicted octanol–water partition coefficient (Wildman–Crippen LogP) is 4.23. The van der Waals surface area contributed by atoms with Gasteiger partial charge in [0.1, 0.15) is 5.82 Å². The summed E-state index contributed by atoms with van der Waals surface area (Å²) in [5.41, 5.74) is 4.50. The van der Waals surface area contributed by atoms with Crippen molar-refractivity contribution in [2.45, 2.75) is 52.5 Å². The lowest BCUT2D eigenvalue weighted by Crippen LogP contribution is -2.51. The van der Waals surface area contributed by atoms with Crippen LogP contribution in [-0.4, -0.2) is 132 Å². The molecule has 0 aliphatic carbocycles. The fraction of sp³-hybridized carbons (Fsp3) is 0.408. The molecule has 2 aromatic heterocycles. The van der Waals surface area contributed by atoms with E-state index < -0.39 is 11.7 Å². The van der Waals surface area contributed by atoms with E-state index in [2.05, 4.69) is 65.3 Å². The number of hydrogen-bond acceptors (Lipinski definition) is 10. The number of rotatable bonds is 17. The van der Waals surface area contributed by atoms with Crippen molar-refractivity contribution in [1.82, 2.24) is 45.8 Å². The van der Waals surface area contributed by atoms with E-state index in [0.717, 1.165) is 63.1 Å². The molecule has 65 heavy (non-hydrogen) atoms. The molecule has 3 aromatic carbocycles. The van der Waals surface area contributed by atoms with Gasteiger partial charge in [-0.1, -0.05) is 69.3 Å². The lowest BCUT2D eigenvalue weighted by atomic mass is 9.95. The number of nitrogens with one attached hydrogen (secondary N) is 5. The molecule has 4 amide bonds. The molecule has 0 radical (unpaired) electrons. The Balaban J connectivity index is 0.823. The lowest BCUT2D eigenvalue weighted by Gasteiger charge is -2.38. The van der Waals surface area contributed by atoms with E-state index in [1.165, 1.54) is 17.7 Å². The van der Waals surface area contributed by atoms with Gasteiger partial charge in [-0.05, 0) is 66.1 Å². The van der Waals surface area contributed by atoms with Crippen molar-refractivity contribution in [3.8, 4) is 11.1 Å². The van der Waals surface area contributed by atoms with Crippen LogP contribution in [0.4, 0.5) is 10.1 Å². The molecule has 342 valence electrons. The van der Waals surface area contributed by atoms with Crippen LogP contribution in [0.25, 0.3) is 21.9 Å². The number of fused-ring (bicyclic) bond motifs is 1. The Labute approximate surface area is 378 Å². The quantitative estimate of drug-likeness (QED) is 0.0848. The number of pyridine rings is 1. The van der Waals surface area contributed by atoms with Gasteiger partial charge in [0, 0.05) is 88.5 Å². The largest absolute Gasteiger partial charge is 0.353 e. The average Bonchev–Trinajstić information content (AvgIpc) is 3.32. The summed E-state index contributed by atoms with van der Waals surface area (Å²) in [7, 11) is 0. The van der Waals surface area contributed by atoms with Gasteiger partial charge in [0.25, 0.3) is 17.4 Å². The Bertz CT molecular complexity index is 2550. The number of nitrogens with zero attached hydrogens (tertiary/aromatic N) is 5. The van der Waals surface area contributed by atoms with Gasteiger partial charge in [-0.15, -0.1) is 0 Å². The third-order valence-corrected chi connectivity index (χ3v) is 12.1. The van der Waals surface area contributed by atoms with Crippen LogP contribution in [-0.2, 0) is 22.4 Å². The number of aromatic nitrogens is 3. The van der Waals surface area contributed by atoms with Gasteiger partial charge in [-0.3, -0.25) is 28.9 Å². The van der Waals surface area contributed by atoms with E-state index in [1.807, 2.05) is 43.0 Å². The maximum Gasteiger partial charge on any atom is 0.274 e. The summed E-state index contributed by atoms with van der Waals surface area (Å²) >= 11 is 0. The summed E-state index contributed by atoms with van der Waals surface area (Å²) in [4.78, 5) is 75.8. The predicted molar refractivity (Wildman–Crippen MR) is 249 cm³/mol. The first-order chi connectivity index (χ1) is 31.4. The summed E-state index contributed by atoms with van der Waals surface area (Å²) in [5, 5.41) is 19.5. The van der Waals surface area contributed by atoms with Crippen LogP contribution in [0.3, 0.4) is 0 Å². The maximum absolute atomic E-state index is 14.7. The molecule has 0 spiro atoms. The highest BCUT2D eigenvalue weighted by atomic mass is 19.1. The number of hydrogen-bond donors (Lipinski definition) is 5. The van der Waals surface area contributed by atoms with Crippen molar-refractivity contribution in [2.75, 3.05) is 77.3 Å². The molecular weight excluding hydrogens is 828 g/mol. The van der Waals surface area contributed by atoms with Gasteiger partial charge in [0.15, 0.2) is 5.69 Å². The van der Waals surface area contributed by atoms with Crippen LogP contribution in [0.5, 0.6) is 0 Å². The third kappa shape index (κ3) is 12.5. The Morgan fingerprint density at radius 1 is 0.815 bits per heavy atom. The zero-order chi connectivity index (χ0) is 45.9. The summed E-state index contributed by atoms with van der Waals surface area (Å²) in [6, 6.07) is 21.6. The van der Waals surface area contributed by atoms with Crippen molar-refractivity contribution < 1.29 is 23.6 Å². The molecule has 0 bridgehead atoms. The third-order valence-electron chi connectivity index (χ3n) is 12.1. The number of carbonyl (C=O) groups excluding carboxylic acids is 4. The summed E-state index contributed by atoms with van der Waals surface area (Å²) in [5.74, 6) is -1.40. The Morgan fingerprint density at radius 2 is 1.55 bits per heavy atom. The molecule has 0 saturated carbocycles. The fourth-order valence-corrected chi connectivity index (χ4v) is 8.40. The van der Waals surface area contributed by atoms with Crippen molar-refractivity contribution in [1.29, 1.82) is 0 Å². The van der Waals surface area contributed by atoms with Gasteiger partial charge in [0.2, 0.25) is 11.8 Å². The molecular formula is C49H59FN10O5. The van der Waals surface area contributed by atoms with Crippen LogP contribution in [0, 0.1) is 11.7 Å². The van der Waals surface area contributed by atoms with Crippen molar-refractivity contribution in [3.05, 3.63) is 123 Å². The van der Waals surface area contributed by atoms with Crippen LogP contribution in [0.2, 0.25) is 0 Å². The number of halogens is 1. The molecule has 5 N–H and O–H groups in total. The zero-order valence-corrected chi connectivity index (χ0v) is 37.4. The van der Waals surface area contributed by atoms with Crippen molar-refractivity contribution in [3.63, 3.8) is 0 Å². The van der Waals surface area contributed by atoms with Crippen molar-refractivity contribution in [2.24, 2.45) is 5.92 Å². The van der Waals surface area contributed by atoms with Crippen molar-refractivity contribution >= 4 is 40.1 Å². The molecule has 2 aliphatic rings. The van der Waals surface area contributed by atoms with Gasteiger partial charge < -0.3 is 31.1 Å². The number of aryl methyl sites for hydroxylation is 1. The monoisotopic (exact) mass is 886 g/mol. The van der Waals surface area contributed by atoms with E-state index in [4.69, 9.17) is 0 Å². The normalized spacial score (nSPS) is 15.0. The highest BCUT2D eigenvalue weighted by molar-refractivity contribution is 6.03. The second kappa shape index (κ2) is 22.0. The lowest BCUT2D eigenvalue weighted by molar-refractivity contribution is -0.122. The van der Waals surface area contributed by atoms with E-state index in [1.54, 1.807) is 30.5 Å². The number of H-pyrrole nitrogens is 1. The molecule has 2 aliphatic heterocycles. The van der Waals surface area contributed by atoms with Gasteiger partial charge in [-0.2, -0.15) is 5.10 Å². The average molecular weight is 887 g/mol. The molecule has 15 nitrogen and oxygen atoms in total. The molecule has 16 heteroatoms. The summed E-state index contributed by atoms with van der Waals surface area (Å²) < 4.78 is 14.7. The Hall–Kier alpha value is -6.36. The molecule has 2 saturated heterocycles. The number of anilines is 1. The highest BCUT2D eigenvalue weighted by Crippen LogP contribution is 2.28. The zero-order valence-electron chi connectivity index (χ0n) is 37.4. The number of benzene rings is 3. The van der Waals surface area contributed by atoms with Crippen LogP contribution >= 0.6 is 0 Å². The van der Waals surface area contributed by atoms with E-state index in [9.17, 15) is 28.4 Å². The topological polar surface area (TPSA) is 185 Å². The van der Waals surface area contributed by atoms with Gasteiger partial charge >= 0.3 is 0 Å². The number of carbonyl (C=O) groups is 4. The van der Waals surface area contributed by atoms with Crippen LogP contribution in [0.1, 0.15) is 71.3 Å². The first-order valence-electron chi connectivity index (χ1n) is 22.6. The number of likely N-dealkylation sites (tertiary alicyclic amines) is 1. The molecule has 5 aromatic rings. The minimum absolute atomic E-state index is 0.113. The highest BCUT2D eigenvalue weighted by Gasteiger charge is 2.29. The van der Waals surface area contributed by atoms with Gasteiger partial charge in [0.05, 0.1) is 35.4 Å². The first kappa shape index (κ1) is 46.6. The minimum atomic E-state index is -0.662. The number of piperazine rings is 1. The smallest absolute Gasteiger partial charge is 0.274 e. The Kier molecular flexibility index (Phi) is 15.8. The number of amides is 4. The SMILES string of the molecule is CCc1cccc(-c2cnc(C(=O)N3CCC(CN4CCN(CC(=O)NCCNC(=O)c5cc(Cc6n[nH]c(=O)c7ccccc67)ccc5F)CC4)CC3)c(NC(=O)CNC(C)C)c2)c1. The Morgan fingerprint density at radius 3 is 2.31 bits per heavy atom. The number of aromatic amines is 1. The maximum atomic E-state index is 14.7. The standard InChI is InChI=1S/C49H59FN10O5/c1-4-33-8-7-9-36(24-33)37-27-43(55-44(61)29-53-32(2)3)46(54-28-37)49(65)60-18-14-34(15-19-60)30-58-20-22-59(23-21-58)31-45(62)51-16-17-52-47(63)40-25-35(12-13-41(40)50)26-42-38-10-5-6-11-39(38)48(64)57-56-42/h5-13,24-25,27-28,32,34,53H,4,14-23,26,29-31H2,1-3H3,(H,51,62)(H,52,63)(H,55,61)(H,57,64). The molecule has 0 unspecified atom stereocenters. The first-order valence-corrected chi connectivity index (χ1v) is 22.6. The minimum Gasteiger partial charge on any atom is -0.353 e. The molecule has 4 heterocycles. The fourth-order valence-electron chi connectivity index (χ4n) is 8.40. The van der Waals surface area contributed by atoms with E-state index in [0.29, 0.717) is 46.7 Å². The van der Waals surface area contributed by atoms with E-state index in [-0.39, 0.29) is 73.2 Å². The molecule has 7 rings (SSSR count). The summed E-state index contributed by atoms with van der Waals surface area (Å²) in [6.45, 7) is 12.0. The summed E-state index contributed by atoms with van der Waals surface area (Å²) in [6.07, 6.45) is 4.61. The molecule has 0 atom stereocenters. The van der Waals surface area contributed by atoms with E-state index >= 15 is 0 Å². The van der Waals surface area contributed by atoms with Crippen LogP contribution in [0.15, 0.2) is 83.8 Å². The second-order valence-corrected chi connectivity index (χ2v) is 17.2.